The molecule has 0 fully saturated rings. The minimum atomic E-state index is -0.984. The van der Waals surface area contributed by atoms with E-state index in [0.717, 1.165) is 11.5 Å². The number of ether oxygens (including phenoxy) is 3. The SMILES string of the molecule is CCOC(=O)c1cc(COc2ccccc2)nn1CCN[C@H](C)C(C)(C)C.C[C@@H](NCCn1nc(COc2ccccc2)cc1C(=O)O)C(C)(C)C. The lowest BCUT2D eigenvalue weighted by atomic mass is 9.88. The molecule has 52 heavy (non-hydrogen) atoms. The van der Waals surface area contributed by atoms with Gasteiger partial charge in [0.05, 0.1) is 19.7 Å². The molecule has 0 aliphatic rings. The molecule has 12 heteroatoms. The fourth-order valence-corrected chi connectivity index (χ4v) is 4.70. The largest absolute Gasteiger partial charge is 0.487 e. The summed E-state index contributed by atoms with van der Waals surface area (Å²) in [6.07, 6.45) is 0. The molecule has 0 bridgehead atoms. The molecular formula is C40H58N6O6. The van der Waals surface area contributed by atoms with E-state index in [1.54, 1.807) is 23.7 Å². The second-order valence-electron chi connectivity index (χ2n) is 14.8. The molecule has 0 spiro atoms. The first kappa shape index (κ1) is 41.7. The first-order valence-electron chi connectivity index (χ1n) is 17.9. The Hall–Kier alpha value is -4.68. The van der Waals surface area contributed by atoms with Crippen molar-refractivity contribution in [2.75, 3.05) is 19.7 Å². The number of carboxylic acid groups (broad SMARTS) is 1. The molecule has 2 aromatic heterocycles. The van der Waals surface area contributed by atoms with E-state index in [0.29, 0.717) is 68.6 Å². The smallest absolute Gasteiger partial charge is 0.356 e. The summed E-state index contributed by atoms with van der Waals surface area (Å²) in [5.41, 5.74) is 2.25. The number of carbonyl (C=O) groups is 2. The highest BCUT2D eigenvalue weighted by atomic mass is 16.5. The molecule has 0 radical (unpaired) electrons. The summed E-state index contributed by atoms with van der Waals surface area (Å²) in [5, 5.41) is 25.2. The Morgan fingerprint density at radius 3 is 1.50 bits per heavy atom. The van der Waals surface area contributed by atoms with Gasteiger partial charge in [-0.05, 0) is 68.0 Å². The number of aromatic nitrogens is 4. The highest BCUT2D eigenvalue weighted by molar-refractivity contribution is 5.87. The molecule has 4 aromatic rings. The van der Waals surface area contributed by atoms with Crippen molar-refractivity contribution in [3.8, 4) is 11.5 Å². The summed E-state index contributed by atoms with van der Waals surface area (Å²) < 4.78 is 19.8. The van der Waals surface area contributed by atoms with E-state index in [4.69, 9.17) is 14.2 Å². The van der Waals surface area contributed by atoms with Crippen LogP contribution in [0, 0.1) is 10.8 Å². The van der Waals surface area contributed by atoms with Crippen LogP contribution in [0.5, 0.6) is 11.5 Å². The Bertz CT molecular complexity index is 1660. The molecule has 284 valence electrons. The third-order valence-electron chi connectivity index (χ3n) is 8.77. The Balaban J connectivity index is 0.000000281. The number of hydrogen-bond acceptors (Lipinski definition) is 9. The van der Waals surface area contributed by atoms with Gasteiger partial charge in [0.1, 0.15) is 47.5 Å². The second kappa shape index (κ2) is 19.8. The van der Waals surface area contributed by atoms with E-state index >= 15 is 0 Å². The van der Waals surface area contributed by atoms with Gasteiger partial charge in [0.25, 0.3) is 0 Å². The summed E-state index contributed by atoms with van der Waals surface area (Å²) in [7, 11) is 0. The van der Waals surface area contributed by atoms with Crippen LogP contribution in [-0.4, -0.2) is 68.4 Å². The van der Waals surface area contributed by atoms with E-state index in [1.165, 1.54) is 4.68 Å². The molecule has 0 aliphatic carbocycles. The van der Waals surface area contributed by atoms with Gasteiger partial charge in [-0.1, -0.05) is 77.9 Å². The molecule has 2 heterocycles. The Morgan fingerprint density at radius 2 is 1.12 bits per heavy atom. The number of para-hydroxylation sites is 2. The summed E-state index contributed by atoms with van der Waals surface area (Å²) in [4.78, 5) is 23.7. The number of carboxylic acids is 1. The Labute approximate surface area is 308 Å². The van der Waals surface area contributed by atoms with Crippen LogP contribution in [0.2, 0.25) is 0 Å². The van der Waals surface area contributed by atoms with E-state index in [9.17, 15) is 14.7 Å². The van der Waals surface area contributed by atoms with Crippen LogP contribution in [0.1, 0.15) is 94.7 Å². The highest BCUT2D eigenvalue weighted by Crippen LogP contribution is 2.20. The van der Waals surface area contributed by atoms with Crippen LogP contribution >= 0.6 is 0 Å². The zero-order valence-corrected chi connectivity index (χ0v) is 32.3. The monoisotopic (exact) mass is 718 g/mol. The van der Waals surface area contributed by atoms with Crippen LogP contribution in [-0.2, 0) is 31.0 Å². The van der Waals surface area contributed by atoms with Crippen molar-refractivity contribution in [1.29, 1.82) is 0 Å². The van der Waals surface area contributed by atoms with E-state index in [2.05, 4.69) is 76.2 Å². The van der Waals surface area contributed by atoms with Gasteiger partial charge in [-0.3, -0.25) is 9.36 Å². The fourth-order valence-electron chi connectivity index (χ4n) is 4.70. The summed E-state index contributed by atoms with van der Waals surface area (Å²) in [6, 6.07) is 22.9. The maximum Gasteiger partial charge on any atom is 0.356 e. The molecule has 4 rings (SSSR count). The maximum absolute atomic E-state index is 12.3. The lowest BCUT2D eigenvalue weighted by Crippen LogP contribution is -2.39. The molecule has 0 aliphatic heterocycles. The van der Waals surface area contributed by atoms with Crippen LogP contribution < -0.4 is 20.1 Å². The molecule has 2 atom stereocenters. The molecule has 12 nitrogen and oxygen atoms in total. The van der Waals surface area contributed by atoms with Crippen molar-refractivity contribution in [1.82, 2.24) is 30.2 Å². The van der Waals surface area contributed by atoms with Crippen molar-refractivity contribution in [2.45, 2.75) is 101 Å². The first-order valence-corrected chi connectivity index (χ1v) is 17.9. The number of esters is 1. The van der Waals surface area contributed by atoms with Crippen molar-refractivity contribution < 1.29 is 28.9 Å². The van der Waals surface area contributed by atoms with Gasteiger partial charge in [-0.15, -0.1) is 0 Å². The standard InChI is InChI=1S/C21H31N3O3.C19H27N3O3/c1-6-26-20(25)19-14-17(15-27-18-10-8-7-9-11-18)23-24(19)13-12-22-16(2)21(3,4)5;1-14(19(2,3)4)20-10-11-22-17(18(23)24)12-15(21-22)13-25-16-8-6-5-7-9-16/h7-11,14,16,22H,6,12-13,15H2,1-5H3;5-9,12,14,20H,10-11,13H2,1-4H3,(H,23,24)/t16-;14-/m11/s1. The van der Waals surface area contributed by atoms with Gasteiger partial charge in [0.2, 0.25) is 0 Å². The average Bonchev–Trinajstić information content (AvgIpc) is 3.71. The lowest BCUT2D eigenvalue weighted by molar-refractivity contribution is 0.0511. The fraction of sp³-hybridized carbons (Fsp3) is 0.500. The number of nitrogens with zero attached hydrogens (tertiary/aromatic N) is 4. The van der Waals surface area contributed by atoms with Crippen LogP contribution in [0.25, 0.3) is 0 Å². The number of carbonyl (C=O) groups excluding carboxylic acids is 1. The summed E-state index contributed by atoms with van der Waals surface area (Å²) in [6.45, 7) is 22.5. The molecule has 0 unspecified atom stereocenters. The molecule has 0 saturated heterocycles. The van der Waals surface area contributed by atoms with Crippen molar-refractivity contribution in [3.63, 3.8) is 0 Å². The van der Waals surface area contributed by atoms with Gasteiger partial charge in [0, 0.05) is 25.2 Å². The maximum atomic E-state index is 12.3. The highest BCUT2D eigenvalue weighted by Gasteiger charge is 2.22. The van der Waals surface area contributed by atoms with Gasteiger partial charge in [-0.2, -0.15) is 10.2 Å². The number of benzene rings is 2. The summed E-state index contributed by atoms with van der Waals surface area (Å²) in [5.74, 6) is 0.155. The Morgan fingerprint density at radius 1 is 0.712 bits per heavy atom. The van der Waals surface area contributed by atoms with E-state index in [1.807, 2.05) is 60.7 Å². The quantitative estimate of drug-likeness (QED) is 0.0993. The van der Waals surface area contributed by atoms with Crippen molar-refractivity contribution in [3.05, 3.63) is 95.6 Å². The van der Waals surface area contributed by atoms with Crippen LogP contribution in [0.15, 0.2) is 72.8 Å². The Kier molecular flexibility index (Phi) is 15.9. The predicted octanol–water partition coefficient (Wildman–Crippen LogP) is 6.85. The summed E-state index contributed by atoms with van der Waals surface area (Å²) >= 11 is 0. The first-order chi connectivity index (χ1) is 24.6. The van der Waals surface area contributed by atoms with Gasteiger partial charge >= 0.3 is 11.9 Å². The number of hydrogen-bond donors (Lipinski definition) is 3. The minimum absolute atomic E-state index is 0.147. The average molecular weight is 719 g/mol. The molecule has 3 N–H and O–H groups in total. The van der Waals surface area contributed by atoms with Crippen LogP contribution in [0.3, 0.4) is 0 Å². The molecule has 2 aromatic carbocycles. The van der Waals surface area contributed by atoms with E-state index < -0.39 is 5.97 Å². The van der Waals surface area contributed by atoms with Crippen molar-refractivity contribution in [2.24, 2.45) is 10.8 Å². The van der Waals surface area contributed by atoms with Gasteiger partial charge < -0.3 is 30.0 Å². The zero-order valence-electron chi connectivity index (χ0n) is 32.3. The number of nitrogens with one attached hydrogen (secondary N) is 2. The van der Waals surface area contributed by atoms with Gasteiger partial charge in [0.15, 0.2) is 0 Å². The lowest BCUT2D eigenvalue weighted by Gasteiger charge is -2.28. The molecule has 0 saturated carbocycles. The number of rotatable bonds is 17. The third-order valence-corrected chi connectivity index (χ3v) is 8.77. The predicted molar refractivity (Wildman–Crippen MR) is 203 cm³/mol. The topological polar surface area (TPSA) is 142 Å². The normalized spacial score (nSPS) is 12.7. The van der Waals surface area contributed by atoms with Crippen LogP contribution in [0.4, 0.5) is 0 Å². The van der Waals surface area contributed by atoms with Gasteiger partial charge in [-0.25, -0.2) is 9.59 Å². The van der Waals surface area contributed by atoms with E-state index in [-0.39, 0.29) is 29.1 Å². The molecular weight excluding hydrogens is 660 g/mol. The third kappa shape index (κ3) is 13.8. The zero-order chi connectivity index (χ0) is 38.3. The molecule has 0 amide bonds. The second-order valence-corrected chi connectivity index (χ2v) is 14.8. The van der Waals surface area contributed by atoms with Crippen molar-refractivity contribution >= 4 is 11.9 Å². The number of aromatic carboxylic acids is 1. The minimum Gasteiger partial charge on any atom is -0.487 e.